The van der Waals surface area contributed by atoms with E-state index in [1.807, 2.05) is 12.1 Å². The van der Waals surface area contributed by atoms with Crippen LogP contribution in [0.4, 0.5) is 4.39 Å². The molecule has 2 rings (SSSR count). The topological polar surface area (TPSA) is 9.23 Å². The van der Waals surface area contributed by atoms with Crippen LogP contribution >= 0.6 is 55.1 Å². The summed E-state index contributed by atoms with van der Waals surface area (Å²) in [5.41, 5.74) is 1.55. The van der Waals surface area contributed by atoms with Crippen LogP contribution < -0.4 is 4.74 Å². The molecule has 2 aromatic rings. The number of ether oxygens (including phenoxy) is 1. The zero-order chi connectivity index (χ0) is 14.7. The highest BCUT2D eigenvalue weighted by molar-refractivity contribution is 9.11. The Morgan fingerprint density at radius 2 is 1.75 bits per heavy atom. The Balaban J connectivity index is 2.21. The summed E-state index contributed by atoms with van der Waals surface area (Å²) >= 11 is 18.6. The quantitative estimate of drug-likeness (QED) is 0.503. The van der Waals surface area contributed by atoms with Gasteiger partial charge in [0.15, 0.2) is 0 Å². The first-order valence-corrected chi connectivity index (χ1v) is 8.11. The van der Waals surface area contributed by atoms with Crippen LogP contribution in [-0.2, 0) is 12.5 Å². The first-order chi connectivity index (χ1) is 9.51. The number of alkyl halides is 1. The fraction of sp³-hybridized carbons (Fsp3) is 0.143. The SMILES string of the molecule is Fc1ccc(Cl)c(COc2c(Br)cc(CCl)cc2Br)c1. The molecule has 0 heterocycles. The maximum absolute atomic E-state index is 13.2. The van der Waals surface area contributed by atoms with Gasteiger partial charge in [-0.05, 0) is 67.8 Å². The lowest BCUT2D eigenvalue weighted by molar-refractivity contribution is 0.301. The van der Waals surface area contributed by atoms with Crippen LogP contribution in [-0.4, -0.2) is 0 Å². The van der Waals surface area contributed by atoms with Crippen molar-refractivity contribution in [2.45, 2.75) is 12.5 Å². The van der Waals surface area contributed by atoms with Crippen LogP contribution in [0.5, 0.6) is 5.75 Å². The largest absolute Gasteiger partial charge is 0.486 e. The Hall–Kier alpha value is -0.290. The molecule has 0 aliphatic carbocycles. The van der Waals surface area contributed by atoms with E-state index in [9.17, 15) is 4.39 Å². The molecule has 106 valence electrons. The average molecular weight is 443 g/mol. The molecule has 0 radical (unpaired) electrons. The summed E-state index contributed by atoms with van der Waals surface area (Å²) in [4.78, 5) is 0. The van der Waals surface area contributed by atoms with Gasteiger partial charge in [-0.15, -0.1) is 11.6 Å². The molecule has 0 saturated heterocycles. The standard InChI is InChI=1S/C14H9Br2Cl2FO/c15-11-3-8(6-17)4-12(16)14(11)20-7-9-5-10(19)1-2-13(9)18/h1-5H,6-7H2. The third-order valence-electron chi connectivity index (χ3n) is 2.59. The molecule has 1 nitrogen and oxygen atoms in total. The van der Waals surface area contributed by atoms with E-state index < -0.39 is 0 Å². The van der Waals surface area contributed by atoms with Crippen LogP contribution in [0.2, 0.25) is 5.02 Å². The normalized spacial score (nSPS) is 10.7. The van der Waals surface area contributed by atoms with E-state index in [1.165, 1.54) is 18.2 Å². The van der Waals surface area contributed by atoms with E-state index >= 15 is 0 Å². The molecule has 0 amide bonds. The van der Waals surface area contributed by atoms with E-state index in [4.69, 9.17) is 27.9 Å². The average Bonchev–Trinajstić information content (AvgIpc) is 2.41. The molecule has 0 fully saturated rings. The number of halogens is 5. The minimum absolute atomic E-state index is 0.175. The molecule has 0 aliphatic rings. The van der Waals surface area contributed by atoms with Crippen molar-refractivity contribution in [1.82, 2.24) is 0 Å². The number of benzene rings is 2. The van der Waals surface area contributed by atoms with Crippen molar-refractivity contribution in [1.29, 1.82) is 0 Å². The molecule has 2 aromatic carbocycles. The minimum Gasteiger partial charge on any atom is -0.486 e. The van der Waals surface area contributed by atoms with E-state index in [-0.39, 0.29) is 12.4 Å². The van der Waals surface area contributed by atoms with Crippen LogP contribution in [0.1, 0.15) is 11.1 Å². The molecular weight excluding hydrogens is 434 g/mol. The molecule has 0 N–H and O–H groups in total. The highest BCUT2D eigenvalue weighted by Gasteiger charge is 2.10. The molecule has 0 aliphatic heterocycles. The molecule has 0 spiro atoms. The maximum Gasteiger partial charge on any atom is 0.148 e. The zero-order valence-electron chi connectivity index (χ0n) is 10.1. The summed E-state index contributed by atoms with van der Waals surface area (Å²) in [6.07, 6.45) is 0. The van der Waals surface area contributed by atoms with Gasteiger partial charge in [-0.3, -0.25) is 0 Å². The Morgan fingerprint density at radius 3 is 2.35 bits per heavy atom. The van der Waals surface area contributed by atoms with Crippen molar-refractivity contribution in [3.05, 3.63) is 61.2 Å². The summed E-state index contributed by atoms with van der Waals surface area (Å²) in [6.45, 7) is 0.175. The van der Waals surface area contributed by atoms with Gasteiger partial charge >= 0.3 is 0 Å². The van der Waals surface area contributed by atoms with Crippen molar-refractivity contribution in [3.63, 3.8) is 0 Å². The second kappa shape index (κ2) is 7.12. The highest BCUT2D eigenvalue weighted by atomic mass is 79.9. The van der Waals surface area contributed by atoms with Gasteiger partial charge in [0.05, 0.1) is 8.95 Å². The monoisotopic (exact) mass is 440 g/mol. The highest BCUT2D eigenvalue weighted by Crippen LogP contribution is 2.36. The Kier molecular flexibility index (Phi) is 5.73. The maximum atomic E-state index is 13.2. The summed E-state index contributed by atoms with van der Waals surface area (Å²) in [5, 5.41) is 0.469. The van der Waals surface area contributed by atoms with Crippen LogP contribution in [0.25, 0.3) is 0 Å². The second-order valence-corrected chi connectivity index (χ2v) is 6.43. The summed E-state index contributed by atoms with van der Waals surface area (Å²) in [5.74, 6) is 0.690. The number of rotatable bonds is 4. The van der Waals surface area contributed by atoms with Crippen molar-refractivity contribution in [2.24, 2.45) is 0 Å². The predicted molar refractivity (Wildman–Crippen MR) is 87.1 cm³/mol. The molecule has 0 atom stereocenters. The molecular formula is C14H9Br2Cl2FO. The van der Waals surface area contributed by atoms with E-state index in [0.717, 1.165) is 14.5 Å². The van der Waals surface area contributed by atoms with Crippen LogP contribution in [0, 0.1) is 5.82 Å². The molecule has 20 heavy (non-hydrogen) atoms. The molecule has 0 aromatic heterocycles. The summed E-state index contributed by atoms with van der Waals surface area (Å²) in [7, 11) is 0. The third-order valence-corrected chi connectivity index (χ3v) is 4.45. The Bertz CT molecular complexity index is 612. The van der Waals surface area contributed by atoms with Crippen LogP contribution in [0.15, 0.2) is 39.3 Å². The van der Waals surface area contributed by atoms with Crippen molar-refractivity contribution < 1.29 is 9.13 Å². The number of hydrogen-bond donors (Lipinski definition) is 0. The second-order valence-electron chi connectivity index (χ2n) is 4.05. The predicted octanol–water partition coefficient (Wildman–Crippen LogP) is 6.32. The van der Waals surface area contributed by atoms with Gasteiger partial charge < -0.3 is 4.74 Å². The number of hydrogen-bond acceptors (Lipinski definition) is 1. The minimum atomic E-state index is -0.344. The lowest BCUT2D eigenvalue weighted by Gasteiger charge is -2.12. The summed E-state index contributed by atoms with van der Waals surface area (Å²) < 4.78 is 20.4. The van der Waals surface area contributed by atoms with Gasteiger partial charge in [-0.25, -0.2) is 4.39 Å². The Morgan fingerprint density at radius 1 is 1.10 bits per heavy atom. The van der Waals surface area contributed by atoms with Crippen LogP contribution in [0.3, 0.4) is 0 Å². The van der Waals surface area contributed by atoms with Crippen molar-refractivity contribution in [3.8, 4) is 5.75 Å². The molecule has 6 heteroatoms. The fourth-order valence-corrected chi connectivity index (χ4v) is 3.47. The van der Waals surface area contributed by atoms with Gasteiger partial charge in [-0.1, -0.05) is 11.6 Å². The van der Waals surface area contributed by atoms with E-state index in [1.54, 1.807) is 0 Å². The van der Waals surface area contributed by atoms with Crippen molar-refractivity contribution in [2.75, 3.05) is 0 Å². The first-order valence-electron chi connectivity index (χ1n) is 5.62. The lowest BCUT2D eigenvalue weighted by atomic mass is 10.2. The van der Waals surface area contributed by atoms with Gasteiger partial charge in [0, 0.05) is 16.5 Å². The fourth-order valence-electron chi connectivity index (χ4n) is 1.63. The van der Waals surface area contributed by atoms with E-state index in [0.29, 0.717) is 22.2 Å². The van der Waals surface area contributed by atoms with Gasteiger partial charge in [0.2, 0.25) is 0 Å². The third kappa shape index (κ3) is 3.88. The smallest absolute Gasteiger partial charge is 0.148 e. The van der Waals surface area contributed by atoms with Gasteiger partial charge in [0.1, 0.15) is 18.2 Å². The van der Waals surface area contributed by atoms with Gasteiger partial charge in [-0.2, -0.15) is 0 Å². The lowest BCUT2D eigenvalue weighted by Crippen LogP contribution is -1.99. The summed E-state index contributed by atoms with van der Waals surface area (Å²) in [6, 6.07) is 7.93. The molecule has 0 bridgehead atoms. The molecule has 0 unspecified atom stereocenters. The van der Waals surface area contributed by atoms with Gasteiger partial charge in [0.25, 0.3) is 0 Å². The van der Waals surface area contributed by atoms with Crippen molar-refractivity contribution >= 4 is 55.1 Å². The Labute approximate surface area is 143 Å². The first kappa shape index (κ1) is 16.1. The molecule has 0 saturated carbocycles. The van der Waals surface area contributed by atoms with E-state index in [2.05, 4.69) is 31.9 Å². The zero-order valence-corrected chi connectivity index (χ0v) is 14.8.